The Morgan fingerprint density at radius 1 is 1.10 bits per heavy atom. The number of halogens is 1. The van der Waals surface area contributed by atoms with E-state index in [9.17, 15) is 13.2 Å². The van der Waals surface area contributed by atoms with E-state index < -0.39 is 10.0 Å². The number of carbonyl (C=O) groups excluding carboxylic acids is 1. The predicted octanol–water partition coefficient (Wildman–Crippen LogP) is 3.63. The third kappa shape index (κ3) is 4.96. The quantitative estimate of drug-likeness (QED) is 0.580. The molecule has 1 fully saturated rings. The van der Waals surface area contributed by atoms with Gasteiger partial charge >= 0.3 is 0 Å². The molecule has 2 aromatic rings. The van der Waals surface area contributed by atoms with Gasteiger partial charge in [-0.05, 0) is 36.6 Å². The molecule has 0 heterocycles. The molecule has 2 aromatic carbocycles. The van der Waals surface area contributed by atoms with Crippen molar-refractivity contribution in [2.75, 3.05) is 31.5 Å². The van der Waals surface area contributed by atoms with Gasteiger partial charge in [0, 0.05) is 30.7 Å². The molecule has 0 unspecified atom stereocenters. The Hall–Kier alpha value is -2.09. The van der Waals surface area contributed by atoms with Crippen LogP contribution in [0.25, 0.3) is 0 Å². The minimum atomic E-state index is -3.68. The first-order valence-electron chi connectivity index (χ1n) is 10.2. The molecule has 0 aromatic heterocycles. The van der Waals surface area contributed by atoms with Crippen molar-refractivity contribution in [2.45, 2.75) is 37.0 Å². The third-order valence-corrected chi connectivity index (χ3v) is 8.10. The Morgan fingerprint density at radius 3 is 2.37 bits per heavy atom. The number of carbonyl (C=O) groups is 1. The van der Waals surface area contributed by atoms with Crippen LogP contribution in [0.2, 0.25) is 5.02 Å². The van der Waals surface area contributed by atoms with Gasteiger partial charge in [-0.2, -0.15) is 4.31 Å². The standard InChI is InChI=1S/C22H28ClN3O3S/c1-3-26(4-2)30(28,29)20-14-18(10-11-19(20)23)24-15-21(27)25-16-22(12-13-22)17-8-6-5-7-9-17/h5-11,14,24H,3-4,12-13,15-16H2,1-2H3,(H,25,27). The zero-order valence-corrected chi connectivity index (χ0v) is 18.9. The maximum absolute atomic E-state index is 12.8. The van der Waals surface area contributed by atoms with Crippen LogP contribution >= 0.6 is 11.6 Å². The smallest absolute Gasteiger partial charge is 0.244 e. The molecule has 6 nitrogen and oxygen atoms in total. The van der Waals surface area contributed by atoms with Crippen molar-refractivity contribution in [3.8, 4) is 0 Å². The van der Waals surface area contributed by atoms with Crippen LogP contribution in [0.5, 0.6) is 0 Å². The van der Waals surface area contributed by atoms with Gasteiger partial charge in [0.05, 0.1) is 11.6 Å². The molecule has 8 heteroatoms. The van der Waals surface area contributed by atoms with Crippen molar-refractivity contribution < 1.29 is 13.2 Å². The fourth-order valence-electron chi connectivity index (χ4n) is 3.54. The summed E-state index contributed by atoms with van der Waals surface area (Å²) >= 11 is 6.15. The molecule has 162 valence electrons. The van der Waals surface area contributed by atoms with Gasteiger partial charge in [-0.25, -0.2) is 8.42 Å². The van der Waals surface area contributed by atoms with Gasteiger partial charge in [-0.15, -0.1) is 0 Å². The van der Waals surface area contributed by atoms with Crippen LogP contribution in [0, 0.1) is 0 Å². The third-order valence-electron chi connectivity index (χ3n) is 5.57. The lowest BCUT2D eigenvalue weighted by molar-refractivity contribution is -0.119. The molecule has 1 aliphatic carbocycles. The van der Waals surface area contributed by atoms with Crippen molar-refractivity contribution >= 4 is 33.2 Å². The summed E-state index contributed by atoms with van der Waals surface area (Å²) in [5.74, 6) is -0.139. The fourth-order valence-corrected chi connectivity index (χ4v) is 5.49. The number of hydrogen-bond donors (Lipinski definition) is 2. The van der Waals surface area contributed by atoms with E-state index in [1.165, 1.54) is 22.0 Å². The van der Waals surface area contributed by atoms with Crippen LogP contribution < -0.4 is 10.6 Å². The lowest BCUT2D eigenvalue weighted by Crippen LogP contribution is -2.36. The summed E-state index contributed by atoms with van der Waals surface area (Å²) in [7, 11) is -3.68. The lowest BCUT2D eigenvalue weighted by Gasteiger charge is -2.20. The van der Waals surface area contributed by atoms with Gasteiger partial charge in [0.1, 0.15) is 4.90 Å². The highest BCUT2D eigenvalue weighted by molar-refractivity contribution is 7.89. The zero-order chi connectivity index (χ0) is 21.8. The molecule has 0 radical (unpaired) electrons. The molecule has 3 rings (SSSR count). The van der Waals surface area contributed by atoms with Crippen molar-refractivity contribution in [1.29, 1.82) is 0 Å². The van der Waals surface area contributed by atoms with Crippen LogP contribution in [0.4, 0.5) is 5.69 Å². The monoisotopic (exact) mass is 449 g/mol. The Labute approximate surface area is 183 Å². The second kappa shape index (κ2) is 9.37. The molecule has 0 atom stereocenters. The molecule has 0 spiro atoms. The van der Waals surface area contributed by atoms with Crippen molar-refractivity contribution in [1.82, 2.24) is 9.62 Å². The summed E-state index contributed by atoms with van der Waals surface area (Å²) in [6.45, 7) is 4.93. The highest BCUT2D eigenvalue weighted by Gasteiger charge is 2.44. The van der Waals surface area contributed by atoms with Crippen LogP contribution in [0.3, 0.4) is 0 Å². The molecule has 0 saturated heterocycles. The average Bonchev–Trinajstić information content (AvgIpc) is 3.54. The fraction of sp³-hybridized carbons (Fsp3) is 0.409. The summed E-state index contributed by atoms with van der Waals surface area (Å²) in [5, 5.41) is 6.16. The molecule has 1 aliphatic rings. The predicted molar refractivity (Wildman–Crippen MR) is 120 cm³/mol. The molecule has 1 amide bonds. The second-order valence-corrected chi connectivity index (χ2v) is 9.82. The summed E-state index contributed by atoms with van der Waals surface area (Å²) < 4.78 is 26.9. The SMILES string of the molecule is CCN(CC)S(=O)(=O)c1cc(NCC(=O)NCC2(c3ccccc3)CC2)ccc1Cl. The van der Waals surface area contributed by atoms with E-state index in [2.05, 4.69) is 22.8 Å². The molecular weight excluding hydrogens is 422 g/mol. The number of anilines is 1. The zero-order valence-electron chi connectivity index (χ0n) is 17.3. The number of sulfonamides is 1. The maximum atomic E-state index is 12.8. The number of nitrogens with one attached hydrogen (secondary N) is 2. The van der Waals surface area contributed by atoms with E-state index in [0.717, 1.165) is 12.8 Å². The maximum Gasteiger partial charge on any atom is 0.244 e. The van der Waals surface area contributed by atoms with Gasteiger partial charge in [-0.1, -0.05) is 55.8 Å². The minimum absolute atomic E-state index is 0.0410. The van der Waals surface area contributed by atoms with Gasteiger partial charge < -0.3 is 10.6 Å². The Bertz CT molecular complexity index is 988. The number of hydrogen-bond acceptors (Lipinski definition) is 4. The van der Waals surface area contributed by atoms with Crippen molar-refractivity contribution in [3.63, 3.8) is 0 Å². The molecule has 0 aliphatic heterocycles. The van der Waals surface area contributed by atoms with Gasteiger partial charge in [0.15, 0.2) is 0 Å². The first-order chi connectivity index (χ1) is 14.3. The van der Waals surface area contributed by atoms with Crippen molar-refractivity contribution in [2.24, 2.45) is 0 Å². The first-order valence-corrected chi connectivity index (χ1v) is 12.0. The van der Waals surface area contributed by atoms with Crippen molar-refractivity contribution in [3.05, 3.63) is 59.1 Å². The van der Waals surface area contributed by atoms with Crippen LogP contribution in [-0.4, -0.2) is 44.8 Å². The van der Waals surface area contributed by atoms with Crippen LogP contribution in [0.15, 0.2) is 53.4 Å². The second-order valence-electron chi connectivity index (χ2n) is 7.51. The van der Waals surface area contributed by atoms with Crippen LogP contribution in [-0.2, 0) is 20.2 Å². The van der Waals surface area contributed by atoms with Gasteiger partial charge in [0.2, 0.25) is 15.9 Å². The van der Waals surface area contributed by atoms with E-state index in [0.29, 0.717) is 25.3 Å². The largest absolute Gasteiger partial charge is 0.376 e. The van der Waals surface area contributed by atoms with Gasteiger partial charge in [0.25, 0.3) is 0 Å². The highest BCUT2D eigenvalue weighted by atomic mass is 35.5. The van der Waals surface area contributed by atoms with Gasteiger partial charge in [-0.3, -0.25) is 4.79 Å². The summed E-state index contributed by atoms with van der Waals surface area (Å²) in [6, 6.07) is 14.9. The summed E-state index contributed by atoms with van der Waals surface area (Å²) in [5.41, 5.74) is 1.83. The Balaban J connectivity index is 1.60. The molecule has 0 bridgehead atoms. The van der Waals surface area contributed by atoms with E-state index in [1.54, 1.807) is 19.9 Å². The summed E-state index contributed by atoms with van der Waals surface area (Å²) in [4.78, 5) is 12.4. The minimum Gasteiger partial charge on any atom is -0.376 e. The molecule has 2 N–H and O–H groups in total. The van der Waals surface area contributed by atoms with E-state index in [4.69, 9.17) is 11.6 Å². The molecular formula is C22H28ClN3O3S. The first kappa shape index (κ1) is 22.6. The van der Waals surface area contributed by atoms with E-state index in [1.807, 2.05) is 18.2 Å². The summed E-state index contributed by atoms with van der Waals surface area (Å²) in [6.07, 6.45) is 2.13. The topological polar surface area (TPSA) is 78.5 Å². The Morgan fingerprint density at radius 2 is 1.77 bits per heavy atom. The molecule has 1 saturated carbocycles. The number of amides is 1. The lowest BCUT2D eigenvalue weighted by atomic mass is 9.96. The van der Waals surface area contributed by atoms with E-state index >= 15 is 0 Å². The van der Waals surface area contributed by atoms with Crippen LogP contribution in [0.1, 0.15) is 32.3 Å². The van der Waals surface area contributed by atoms with E-state index in [-0.39, 0.29) is 27.8 Å². The highest BCUT2D eigenvalue weighted by Crippen LogP contribution is 2.47. The normalized spacial score (nSPS) is 15.1. The number of rotatable bonds is 10. The average molecular weight is 450 g/mol. The number of nitrogens with zero attached hydrogens (tertiary/aromatic N) is 1. The number of benzene rings is 2. The Kier molecular flexibility index (Phi) is 7.06. The molecule has 30 heavy (non-hydrogen) atoms.